The van der Waals surface area contributed by atoms with Crippen molar-refractivity contribution in [3.63, 3.8) is 0 Å². The number of benzene rings is 2. The van der Waals surface area contributed by atoms with Crippen LogP contribution in [-0.4, -0.2) is 27.1 Å². The molecule has 0 unspecified atom stereocenters. The Morgan fingerprint density at radius 1 is 1.18 bits per heavy atom. The van der Waals surface area contributed by atoms with E-state index in [0.717, 1.165) is 27.3 Å². The van der Waals surface area contributed by atoms with Crippen molar-refractivity contribution in [3.8, 4) is 0 Å². The predicted octanol–water partition coefficient (Wildman–Crippen LogP) is 3.87. The monoisotopic (exact) mass is 406 g/mol. The molecule has 0 radical (unpaired) electrons. The molecule has 0 spiro atoms. The summed E-state index contributed by atoms with van der Waals surface area (Å²) >= 11 is 0. The molecule has 0 aliphatic heterocycles. The summed E-state index contributed by atoms with van der Waals surface area (Å²) in [6.45, 7) is 5.95. The van der Waals surface area contributed by atoms with Crippen molar-refractivity contribution in [2.75, 3.05) is 17.1 Å². The molecule has 0 aliphatic carbocycles. The van der Waals surface area contributed by atoms with Crippen molar-refractivity contribution in [2.24, 2.45) is 0 Å². The number of hydrogen-bond donors (Lipinski definition) is 1. The molecule has 5 nitrogen and oxygen atoms in total. The van der Waals surface area contributed by atoms with Crippen LogP contribution in [0.2, 0.25) is 0 Å². The molecule has 1 atom stereocenters. The highest BCUT2D eigenvalue weighted by Crippen LogP contribution is 2.22. The number of para-hydroxylation sites is 1. The maximum atomic E-state index is 14.0. The van der Waals surface area contributed by atoms with E-state index in [4.69, 9.17) is 0 Å². The van der Waals surface area contributed by atoms with Crippen molar-refractivity contribution in [1.29, 1.82) is 0 Å². The summed E-state index contributed by atoms with van der Waals surface area (Å²) < 4.78 is 39.1. The average molecular weight is 407 g/mol. The Labute approximate surface area is 166 Å². The minimum atomic E-state index is -3.65. The van der Waals surface area contributed by atoms with Crippen LogP contribution in [0.5, 0.6) is 0 Å². The van der Waals surface area contributed by atoms with Crippen LogP contribution in [0, 0.1) is 19.7 Å². The Hall–Kier alpha value is -2.41. The minimum Gasteiger partial charge on any atom is -0.350 e. The first-order chi connectivity index (χ1) is 13.1. The van der Waals surface area contributed by atoms with Gasteiger partial charge in [0, 0.05) is 13.0 Å². The predicted molar refractivity (Wildman–Crippen MR) is 110 cm³/mol. The number of rotatable bonds is 8. The summed E-state index contributed by atoms with van der Waals surface area (Å²) in [6.07, 6.45) is 1.46. The molecular formula is C21H27FN2O3S. The van der Waals surface area contributed by atoms with Crippen molar-refractivity contribution < 1.29 is 17.6 Å². The fourth-order valence-electron chi connectivity index (χ4n) is 3.12. The van der Waals surface area contributed by atoms with Gasteiger partial charge in [-0.25, -0.2) is 12.8 Å². The smallest absolute Gasteiger partial charge is 0.232 e. The first-order valence-electron chi connectivity index (χ1n) is 9.18. The molecule has 2 rings (SSSR count). The van der Waals surface area contributed by atoms with Crippen LogP contribution in [0.25, 0.3) is 0 Å². The lowest BCUT2D eigenvalue weighted by Gasteiger charge is -2.23. The maximum Gasteiger partial charge on any atom is 0.232 e. The van der Waals surface area contributed by atoms with Gasteiger partial charge in [-0.2, -0.15) is 0 Å². The number of carbonyl (C=O) groups is 1. The molecule has 0 aromatic heterocycles. The number of hydrogen-bond acceptors (Lipinski definition) is 3. The summed E-state index contributed by atoms with van der Waals surface area (Å²) in [4.78, 5) is 12.3. The number of halogens is 1. The van der Waals surface area contributed by atoms with Gasteiger partial charge < -0.3 is 5.32 Å². The van der Waals surface area contributed by atoms with Crippen LogP contribution >= 0.6 is 0 Å². The molecule has 0 saturated carbocycles. The van der Waals surface area contributed by atoms with Crippen LogP contribution in [-0.2, 0) is 14.8 Å². The van der Waals surface area contributed by atoms with Crippen LogP contribution in [0.15, 0.2) is 42.5 Å². The van der Waals surface area contributed by atoms with Gasteiger partial charge >= 0.3 is 0 Å². The molecule has 0 bridgehead atoms. The van der Waals surface area contributed by atoms with Gasteiger partial charge in [-0.1, -0.05) is 35.9 Å². The third-order valence-electron chi connectivity index (χ3n) is 4.57. The van der Waals surface area contributed by atoms with Gasteiger partial charge in [0.1, 0.15) is 5.82 Å². The second kappa shape index (κ2) is 9.19. The highest BCUT2D eigenvalue weighted by atomic mass is 32.2. The second-order valence-corrected chi connectivity index (χ2v) is 8.95. The lowest BCUT2D eigenvalue weighted by atomic mass is 10.00. The van der Waals surface area contributed by atoms with E-state index >= 15 is 0 Å². The van der Waals surface area contributed by atoms with Gasteiger partial charge in [0.05, 0.1) is 18.0 Å². The van der Waals surface area contributed by atoms with E-state index < -0.39 is 15.8 Å². The molecule has 0 aliphatic rings. The quantitative estimate of drug-likeness (QED) is 0.724. The number of carbonyl (C=O) groups excluding carboxylic acids is 1. The van der Waals surface area contributed by atoms with Crippen molar-refractivity contribution in [2.45, 2.75) is 39.7 Å². The van der Waals surface area contributed by atoms with Crippen LogP contribution in [0.4, 0.5) is 10.1 Å². The molecule has 0 fully saturated rings. The van der Waals surface area contributed by atoms with Crippen LogP contribution in [0.3, 0.4) is 0 Å². The van der Waals surface area contributed by atoms with Crippen LogP contribution < -0.4 is 9.62 Å². The van der Waals surface area contributed by atoms with Gasteiger partial charge in [-0.05, 0) is 50.5 Å². The van der Waals surface area contributed by atoms with Crippen molar-refractivity contribution in [1.82, 2.24) is 5.32 Å². The number of sulfonamides is 1. The van der Waals surface area contributed by atoms with E-state index in [1.807, 2.05) is 39.0 Å². The maximum absolute atomic E-state index is 14.0. The van der Waals surface area contributed by atoms with Gasteiger partial charge in [-0.15, -0.1) is 0 Å². The second-order valence-electron chi connectivity index (χ2n) is 7.04. The largest absolute Gasteiger partial charge is 0.350 e. The zero-order valence-corrected chi connectivity index (χ0v) is 17.5. The fraction of sp³-hybridized carbons (Fsp3) is 0.381. The topological polar surface area (TPSA) is 66.5 Å². The Kier molecular flexibility index (Phi) is 7.18. The molecule has 7 heteroatoms. The summed E-state index contributed by atoms with van der Waals surface area (Å²) in [7, 11) is -3.65. The van der Waals surface area contributed by atoms with E-state index in [1.165, 1.54) is 18.2 Å². The first kappa shape index (κ1) is 21.9. The average Bonchev–Trinajstić information content (AvgIpc) is 2.60. The highest BCUT2D eigenvalue weighted by Gasteiger charge is 2.21. The molecule has 2 aromatic carbocycles. The highest BCUT2D eigenvalue weighted by molar-refractivity contribution is 7.92. The molecule has 0 saturated heterocycles. The van der Waals surface area contributed by atoms with E-state index in [-0.39, 0.29) is 37.0 Å². The van der Waals surface area contributed by atoms with E-state index in [2.05, 4.69) is 5.32 Å². The molecule has 28 heavy (non-hydrogen) atoms. The Bertz CT molecular complexity index is 944. The van der Waals surface area contributed by atoms with Crippen molar-refractivity contribution in [3.05, 3.63) is 65.0 Å². The van der Waals surface area contributed by atoms with E-state index in [9.17, 15) is 17.6 Å². The zero-order valence-electron chi connectivity index (χ0n) is 16.7. The number of anilines is 1. The summed E-state index contributed by atoms with van der Waals surface area (Å²) in [5.41, 5.74) is 3.27. The lowest BCUT2D eigenvalue weighted by molar-refractivity contribution is -0.121. The Balaban J connectivity index is 1.98. The lowest BCUT2D eigenvalue weighted by Crippen LogP contribution is -2.33. The first-order valence-corrected chi connectivity index (χ1v) is 11.0. The minimum absolute atomic E-state index is 0.00541. The molecule has 2 aromatic rings. The van der Waals surface area contributed by atoms with Crippen molar-refractivity contribution >= 4 is 21.6 Å². The zero-order chi connectivity index (χ0) is 20.9. The van der Waals surface area contributed by atoms with Gasteiger partial charge in [-0.3, -0.25) is 9.10 Å². The molecule has 1 N–H and O–H groups in total. The standard InChI is InChI=1S/C21H27FN2O3S/c1-15-11-12-16(2)18(14-15)17(3)23-21(25)10-7-13-24(28(4,26)27)20-9-6-5-8-19(20)22/h5-6,8-9,11-12,14,17H,7,10,13H2,1-4H3,(H,23,25)/t17-/m0/s1. The fourth-order valence-corrected chi connectivity index (χ4v) is 4.09. The number of aryl methyl sites for hydroxylation is 2. The Morgan fingerprint density at radius 3 is 2.50 bits per heavy atom. The summed E-state index contributed by atoms with van der Waals surface area (Å²) in [5.74, 6) is -0.781. The molecular weight excluding hydrogens is 379 g/mol. The number of nitrogens with zero attached hydrogens (tertiary/aromatic N) is 1. The number of amides is 1. The third kappa shape index (κ3) is 5.79. The molecule has 152 valence electrons. The summed E-state index contributed by atoms with van der Waals surface area (Å²) in [5, 5.41) is 2.95. The van der Waals surface area contributed by atoms with Gasteiger partial charge in [0.15, 0.2) is 0 Å². The molecule has 0 heterocycles. The molecule has 1 amide bonds. The SMILES string of the molecule is Cc1ccc(C)c([C@H](C)NC(=O)CCCN(c2ccccc2F)S(C)(=O)=O)c1. The van der Waals surface area contributed by atoms with Gasteiger partial charge in [0.2, 0.25) is 15.9 Å². The summed E-state index contributed by atoms with van der Waals surface area (Å²) in [6, 6.07) is 11.7. The van der Waals surface area contributed by atoms with Crippen LogP contribution in [0.1, 0.15) is 42.5 Å². The number of nitrogens with one attached hydrogen (secondary N) is 1. The van der Waals surface area contributed by atoms with E-state index in [1.54, 1.807) is 6.07 Å². The van der Waals surface area contributed by atoms with Gasteiger partial charge in [0.25, 0.3) is 0 Å². The van der Waals surface area contributed by atoms with E-state index in [0.29, 0.717) is 0 Å². The Morgan fingerprint density at radius 2 is 1.86 bits per heavy atom. The normalized spacial score (nSPS) is 12.5. The third-order valence-corrected chi connectivity index (χ3v) is 5.75.